The smallest absolute Gasteiger partial charge is 0.292 e. The molecule has 0 atom stereocenters. The molecule has 0 saturated carbocycles. The predicted molar refractivity (Wildman–Crippen MR) is 121 cm³/mol. The van der Waals surface area contributed by atoms with Gasteiger partial charge in [0.1, 0.15) is 16.5 Å². The number of hydrazone groups is 1. The zero-order chi connectivity index (χ0) is 20.9. The number of nitrogens with zero attached hydrogens (tertiary/aromatic N) is 3. The summed E-state index contributed by atoms with van der Waals surface area (Å²) >= 11 is 6.27. The number of hydrogen-bond acceptors (Lipinski definition) is 5. The van der Waals surface area contributed by atoms with Crippen LogP contribution in [-0.2, 0) is 0 Å². The summed E-state index contributed by atoms with van der Waals surface area (Å²) < 4.78 is 6.99. The zero-order valence-corrected chi connectivity index (χ0v) is 17.0. The van der Waals surface area contributed by atoms with Crippen molar-refractivity contribution in [2.24, 2.45) is 5.10 Å². The molecule has 4 aromatic rings. The molecule has 0 aliphatic carbocycles. The van der Waals surface area contributed by atoms with Crippen molar-refractivity contribution >= 4 is 34.3 Å². The molecule has 0 amide bonds. The summed E-state index contributed by atoms with van der Waals surface area (Å²) in [5.74, 6) is 0.727. The lowest BCUT2D eigenvalue weighted by Gasteiger charge is -2.10. The lowest BCUT2D eigenvalue weighted by molar-refractivity contribution is 0.340. The molecule has 0 radical (unpaired) electrons. The average molecular weight is 419 g/mol. The van der Waals surface area contributed by atoms with Gasteiger partial charge in [0.15, 0.2) is 0 Å². The number of hydrogen-bond donors (Lipinski definition) is 1. The SMILES string of the molecule is CCOc1ccc2ccccc2c1/C=N/Nc1cnn(-c2ccccc2)c(=O)c1Cl. The van der Waals surface area contributed by atoms with Crippen molar-refractivity contribution in [3.8, 4) is 11.4 Å². The summed E-state index contributed by atoms with van der Waals surface area (Å²) in [5.41, 5.74) is 4.19. The first-order valence-corrected chi connectivity index (χ1v) is 9.83. The Balaban J connectivity index is 1.65. The minimum atomic E-state index is -0.428. The van der Waals surface area contributed by atoms with Crippen LogP contribution in [0.5, 0.6) is 5.75 Å². The number of nitrogens with one attached hydrogen (secondary N) is 1. The summed E-state index contributed by atoms with van der Waals surface area (Å²) in [6.07, 6.45) is 3.13. The number of aromatic nitrogens is 2. The molecular weight excluding hydrogens is 400 g/mol. The number of halogens is 1. The predicted octanol–water partition coefficient (Wildman–Crippen LogP) is 4.88. The van der Waals surface area contributed by atoms with E-state index in [1.165, 1.54) is 10.9 Å². The molecule has 1 heterocycles. The lowest BCUT2D eigenvalue weighted by Crippen LogP contribution is -2.22. The first kappa shape index (κ1) is 19.7. The maximum atomic E-state index is 12.6. The van der Waals surface area contributed by atoms with Crippen LogP contribution in [0.1, 0.15) is 12.5 Å². The summed E-state index contributed by atoms with van der Waals surface area (Å²) in [4.78, 5) is 12.6. The van der Waals surface area contributed by atoms with Crippen LogP contribution < -0.4 is 15.7 Å². The summed E-state index contributed by atoms with van der Waals surface area (Å²) in [5, 5.41) is 10.6. The molecular formula is C23H19ClN4O2. The second-order valence-corrected chi connectivity index (χ2v) is 6.80. The molecule has 7 heteroatoms. The van der Waals surface area contributed by atoms with Crippen molar-refractivity contribution in [2.75, 3.05) is 12.0 Å². The molecule has 0 saturated heterocycles. The van der Waals surface area contributed by atoms with Gasteiger partial charge >= 0.3 is 0 Å². The fourth-order valence-corrected chi connectivity index (χ4v) is 3.29. The number of fused-ring (bicyclic) bond motifs is 1. The highest BCUT2D eigenvalue weighted by molar-refractivity contribution is 6.33. The van der Waals surface area contributed by atoms with E-state index in [9.17, 15) is 4.79 Å². The van der Waals surface area contributed by atoms with E-state index < -0.39 is 5.56 Å². The number of benzene rings is 3. The van der Waals surface area contributed by atoms with Gasteiger partial charge < -0.3 is 4.74 Å². The highest BCUT2D eigenvalue weighted by Crippen LogP contribution is 2.27. The Bertz CT molecular complexity index is 1270. The Morgan fingerprint density at radius 2 is 1.87 bits per heavy atom. The van der Waals surface area contributed by atoms with Crippen molar-refractivity contribution in [2.45, 2.75) is 6.92 Å². The first-order valence-electron chi connectivity index (χ1n) is 9.46. The third-order valence-electron chi connectivity index (χ3n) is 4.53. The van der Waals surface area contributed by atoms with Crippen LogP contribution in [0.15, 0.2) is 82.8 Å². The van der Waals surface area contributed by atoms with Crippen LogP contribution in [-0.4, -0.2) is 22.6 Å². The Labute approximate surface area is 178 Å². The van der Waals surface area contributed by atoms with Crippen LogP contribution in [0.25, 0.3) is 16.5 Å². The first-order chi connectivity index (χ1) is 14.7. The lowest BCUT2D eigenvalue weighted by atomic mass is 10.0. The van der Waals surface area contributed by atoms with Crippen LogP contribution in [0.3, 0.4) is 0 Å². The monoisotopic (exact) mass is 418 g/mol. The zero-order valence-electron chi connectivity index (χ0n) is 16.2. The van der Waals surface area contributed by atoms with E-state index in [4.69, 9.17) is 16.3 Å². The fourth-order valence-electron chi connectivity index (χ4n) is 3.12. The Hall–Kier alpha value is -3.64. The quantitative estimate of drug-likeness (QED) is 0.358. The van der Waals surface area contributed by atoms with Crippen LogP contribution in [0.2, 0.25) is 5.02 Å². The molecule has 150 valence electrons. The van der Waals surface area contributed by atoms with E-state index in [1.807, 2.05) is 61.5 Å². The van der Waals surface area contributed by atoms with Crippen molar-refractivity contribution < 1.29 is 4.74 Å². The molecule has 1 aromatic heterocycles. The largest absolute Gasteiger partial charge is 0.493 e. The van der Waals surface area contributed by atoms with Crippen LogP contribution >= 0.6 is 11.6 Å². The molecule has 0 aliphatic rings. The second-order valence-electron chi connectivity index (χ2n) is 6.43. The molecule has 4 rings (SSSR count). The maximum absolute atomic E-state index is 12.6. The molecule has 0 aliphatic heterocycles. The molecule has 30 heavy (non-hydrogen) atoms. The van der Waals surface area contributed by atoms with Gasteiger partial charge in [-0.2, -0.15) is 14.9 Å². The van der Waals surface area contributed by atoms with Gasteiger partial charge in [0.05, 0.1) is 24.7 Å². The fraction of sp³-hybridized carbons (Fsp3) is 0.0870. The highest BCUT2D eigenvalue weighted by atomic mass is 35.5. The molecule has 0 fully saturated rings. The molecule has 0 unspecified atom stereocenters. The van der Waals surface area contributed by atoms with E-state index in [0.717, 1.165) is 22.1 Å². The molecule has 3 aromatic carbocycles. The van der Waals surface area contributed by atoms with Crippen LogP contribution in [0.4, 0.5) is 5.69 Å². The molecule has 0 bridgehead atoms. The van der Waals surface area contributed by atoms with Crippen molar-refractivity contribution in [1.82, 2.24) is 9.78 Å². The number of ether oxygens (including phenoxy) is 1. The van der Waals surface area contributed by atoms with E-state index in [-0.39, 0.29) is 5.02 Å². The third-order valence-corrected chi connectivity index (χ3v) is 4.89. The standard InChI is InChI=1S/C23H19ClN4O2/c1-2-30-21-13-12-16-8-6-7-11-18(16)19(21)14-25-27-20-15-26-28(23(29)22(20)24)17-9-4-3-5-10-17/h3-15,27H,2H2,1H3/b25-14+. The van der Waals surface area contributed by atoms with Gasteiger partial charge in [-0.25, -0.2) is 0 Å². The minimum absolute atomic E-state index is 0.00829. The molecule has 6 nitrogen and oxygen atoms in total. The third kappa shape index (κ3) is 3.90. The van der Waals surface area contributed by atoms with E-state index >= 15 is 0 Å². The summed E-state index contributed by atoms with van der Waals surface area (Å²) in [6.45, 7) is 2.47. The summed E-state index contributed by atoms with van der Waals surface area (Å²) in [6, 6.07) is 21.0. The van der Waals surface area contributed by atoms with Gasteiger partial charge in [-0.15, -0.1) is 0 Å². The van der Waals surface area contributed by atoms with Gasteiger partial charge in [0, 0.05) is 5.56 Å². The van der Waals surface area contributed by atoms with Crippen LogP contribution in [0, 0.1) is 0 Å². The van der Waals surface area contributed by atoms with E-state index in [1.54, 1.807) is 18.3 Å². The van der Waals surface area contributed by atoms with Gasteiger partial charge in [-0.1, -0.05) is 60.1 Å². The van der Waals surface area contributed by atoms with Gasteiger partial charge in [0.25, 0.3) is 5.56 Å². The van der Waals surface area contributed by atoms with E-state index in [2.05, 4.69) is 15.6 Å². The van der Waals surface area contributed by atoms with Crippen molar-refractivity contribution in [3.63, 3.8) is 0 Å². The average Bonchev–Trinajstić information content (AvgIpc) is 2.78. The van der Waals surface area contributed by atoms with E-state index in [0.29, 0.717) is 18.0 Å². The molecule has 0 spiro atoms. The molecule has 1 N–H and O–H groups in total. The van der Waals surface area contributed by atoms with Gasteiger partial charge in [0.2, 0.25) is 0 Å². The second kappa shape index (κ2) is 8.80. The van der Waals surface area contributed by atoms with Gasteiger partial charge in [-0.3, -0.25) is 10.2 Å². The maximum Gasteiger partial charge on any atom is 0.292 e. The minimum Gasteiger partial charge on any atom is -0.493 e. The van der Waals surface area contributed by atoms with Gasteiger partial charge in [-0.05, 0) is 35.9 Å². The number of para-hydroxylation sites is 1. The Morgan fingerprint density at radius 3 is 2.67 bits per heavy atom. The van der Waals surface area contributed by atoms with Crippen molar-refractivity contribution in [3.05, 3.63) is 93.9 Å². The normalized spacial score (nSPS) is 11.1. The Kier molecular flexibility index (Phi) is 5.77. The number of anilines is 1. The Morgan fingerprint density at radius 1 is 1.10 bits per heavy atom. The van der Waals surface area contributed by atoms with Crippen molar-refractivity contribution in [1.29, 1.82) is 0 Å². The summed E-state index contributed by atoms with van der Waals surface area (Å²) in [7, 11) is 0. The topological polar surface area (TPSA) is 68.5 Å². The highest BCUT2D eigenvalue weighted by Gasteiger charge is 2.11. The number of rotatable bonds is 6.